The van der Waals surface area contributed by atoms with Crippen LogP contribution < -0.4 is 16.6 Å². The minimum atomic E-state index is -0.408. The lowest BCUT2D eigenvalue weighted by Gasteiger charge is -2.13. The van der Waals surface area contributed by atoms with E-state index in [1.54, 1.807) is 0 Å². The summed E-state index contributed by atoms with van der Waals surface area (Å²) in [6, 6.07) is 0.234. The van der Waals surface area contributed by atoms with Gasteiger partial charge in [-0.3, -0.25) is 9.36 Å². The van der Waals surface area contributed by atoms with Crippen molar-refractivity contribution < 1.29 is 0 Å². The van der Waals surface area contributed by atoms with Gasteiger partial charge < -0.3 is 5.32 Å². The Bertz CT molecular complexity index is 513. The van der Waals surface area contributed by atoms with Crippen LogP contribution in [0, 0.1) is 5.92 Å². The lowest BCUT2D eigenvalue weighted by molar-refractivity contribution is 0.593. The van der Waals surface area contributed by atoms with Gasteiger partial charge in [0.15, 0.2) is 0 Å². The van der Waals surface area contributed by atoms with E-state index in [2.05, 4.69) is 10.4 Å². The lowest BCUT2D eigenvalue weighted by atomic mass is 10.2. The van der Waals surface area contributed by atoms with Crippen LogP contribution in [-0.4, -0.2) is 20.4 Å². The highest BCUT2D eigenvalue weighted by Crippen LogP contribution is 2.33. The highest BCUT2D eigenvalue weighted by atomic mass is 16.2. The van der Waals surface area contributed by atoms with E-state index in [9.17, 15) is 9.59 Å². The van der Waals surface area contributed by atoms with E-state index in [-0.39, 0.29) is 17.4 Å². The third-order valence-electron chi connectivity index (χ3n) is 3.01. The molecule has 0 spiro atoms. The van der Waals surface area contributed by atoms with Crippen LogP contribution in [0.5, 0.6) is 0 Å². The van der Waals surface area contributed by atoms with Gasteiger partial charge in [0, 0.05) is 20.1 Å². The van der Waals surface area contributed by atoms with Gasteiger partial charge in [0.25, 0.3) is 5.56 Å². The fourth-order valence-electron chi connectivity index (χ4n) is 1.72. The average Bonchev–Trinajstić information content (AvgIpc) is 3.06. The molecule has 1 aromatic rings. The summed E-state index contributed by atoms with van der Waals surface area (Å²) in [6.45, 7) is 2.03. The van der Waals surface area contributed by atoms with Crippen molar-refractivity contribution in [3.05, 3.63) is 20.8 Å². The van der Waals surface area contributed by atoms with E-state index in [0.717, 1.165) is 4.57 Å². The zero-order valence-electron chi connectivity index (χ0n) is 9.73. The van der Waals surface area contributed by atoms with Gasteiger partial charge in [0.2, 0.25) is 5.82 Å². The molecule has 1 aliphatic rings. The maximum atomic E-state index is 11.7. The molecular formula is C10H16N4O2. The summed E-state index contributed by atoms with van der Waals surface area (Å²) in [5, 5.41) is 7.02. The minimum absolute atomic E-state index is 0.234. The topological polar surface area (TPSA) is 68.9 Å². The summed E-state index contributed by atoms with van der Waals surface area (Å²) in [5.41, 5.74) is -0.773. The Labute approximate surface area is 92.9 Å². The van der Waals surface area contributed by atoms with Crippen molar-refractivity contribution in [1.29, 1.82) is 0 Å². The summed E-state index contributed by atoms with van der Waals surface area (Å²) in [7, 11) is 2.99. The zero-order chi connectivity index (χ0) is 11.9. The number of rotatable bonds is 3. The number of anilines is 1. The summed E-state index contributed by atoms with van der Waals surface area (Å²) < 4.78 is 2.23. The molecule has 1 aromatic heterocycles. The third-order valence-corrected chi connectivity index (χ3v) is 3.01. The van der Waals surface area contributed by atoms with Crippen LogP contribution >= 0.6 is 0 Å². The fraction of sp³-hybridized carbons (Fsp3) is 0.700. The van der Waals surface area contributed by atoms with Crippen LogP contribution in [0.15, 0.2) is 9.59 Å². The first kappa shape index (κ1) is 10.9. The maximum Gasteiger partial charge on any atom is 0.346 e. The van der Waals surface area contributed by atoms with E-state index in [4.69, 9.17) is 0 Å². The standard InChI is InChI=1S/C10H16N4O2/c1-6(7-4-5-7)11-8-9(15)13(2)10(16)14(3)12-8/h6-7H,4-5H2,1-3H3,(H,11,12). The molecule has 0 bridgehead atoms. The Balaban J connectivity index is 2.33. The molecule has 16 heavy (non-hydrogen) atoms. The van der Waals surface area contributed by atoms with Gasteiger partial charge >= 0.3 is 5.69 Å². The number of aromatic nitrogens is 3. The van der Waals surface area contributed by atoms with Gasteiger partial charge in [0.05, 0.1) is 0 Å². The van der Waals surface area contributed by atoms with Gasteiger partial charge in [-0.2, -0.15) is 0 Å². The maximum absolute atomic E-state index is 11.7. The van der Waals surface area contributed by atoms with E-state index >= 15 is 0 Å². The quantitative estimate of drug-likeness (QED) is 0.764. The normalized spacial score (nSPS) is 17.2. The largest absolute Gasteiger partial charge is 0.361 e. The molecule has 1 fully saturated rings. The van der Waals surface area contributed by atoms with Crippen molar-refractivity contribution in [3.8, 4) is 0 Å². The lowest BCUT2D eigenvalue weighted by Crippen LogP contribution is -2.41. The number of hydrogen-bond donors (Lipinski definition) is 1. The molecule has 1 atom stereocenters. The Hall–Kier alpha value is -1.59. The van der Waals surface area contributed by atoms with Gasteiger partial charge in [-0.25, -0.2) is 9.48 Å². The van der Waals surface area contributed by atoms with Crippen molar-refractivity contribution in [2.24, 2.45) is 20.0 Å². The Morgan fingerprint density at radius 1 is 1.38 bits per heavy atom. The predicted molar refractivity (Wildman–Crippen MR) is 60.5 cm³/mol. The summed E-state index contributed by atoms with van der Waals surface area (Å²) in [5.74, 6) is 0.882. The van der Waals surface area contributed by atoms with Crippen molar-refractivity contribution >= 4 is 5.82 Å². The molecule has 6 nitrogen and oxygen atoms in total. The molecule has 2 rings (SSSR count). The predicted octanol–water partition coefficient (Wildman–Crippen LogP) is -0.311. The van der Waals surface area contributed by atoms with Crippen molar-refractivity contribution in [1.82, 2.24) is 14.3 Å². The molecule has 0 aliphatic heterocycles. The Morgan fingerprint density at radius 3 is 2.56 bits per heavy atom. The summed E-state index contributed by atoms with van der Waals surface area (Å²) in [6.07, 6.45) is 2.39. The van der Waals surface area contributed by atoms with E-state index < -0.39 is 5.69 Å². The first-order chi connectivity index (χ1) is 7.50. The number of hydrogen-bond acceptors (Lipinski definition) is 4. The highest BCUT2D eigenvalue weighted by Gasteiger charge is 2.28. The van der Waals surface area contributed by atoms with Crippen molar-refractivity contribution in [2.75, 3.05) is 5.32 Å². The van der Waals surface area contributed by atoms with Gasteiger partial charge in [-0.1, -0.05) is 0 Å². The molecule has 0 aromatic carbocycles. The van der Waals surface area contributed by atoms with Crippen molar-refractivity contribution in [2.45, 2.75) is 25.8 Å². The number of aryl methyl sites for hydroxylation is 1. The van der Waals surface area contributed by atoms with E-state index in [0.29, 0.717) is 5.92 Å². The molecule has 88 valence electrons. The fourth-order valence-corrected chi connectivity index (χ4v) is 1.72. The van der Waals surface area contributed by atoms with E-state index in [1.807, 2.05) is 6.92 Å². The molecule has 1 heterocycles. The van der Waals surface area contributed by atoms with Gasteiger partial charge in [0.1, 0.15) is 0 Å². The molecule has 1 aliphatic carbocycles. The molecule has 1 N–H and O–H groups in total. The van der Waals surface area contributed by atoms with Crippen LogP contribution in [-0.2, 0) is 14.1 Å². The molecule has 6 heteroatoms. The van der Waals surface area contributed by atoms with Gasteiger partial charge in [-0.05, 0) is 25.7 Å². The van der Waals surface area contributed by atoms with Crippen molar-refractivity contribution in [3.63, 3.8) is 0 Å². The van der Waals surface area contributed by atoms with E-state index in [1.165, 1.54) is 31.6 Å². The first-order valence-corrected chi connectivity index (χ1v) is 5.41. The van der Waals surface area contributed by atoms with Crippen LogP contribution in [0.2, 0.25) is 0 Å². The SMILES string of the molecule is CC(Nc1nn(C)c(=O)n(C)c1=O)C1CC1. The minimum Gasteiger partial charge on any atom is -0.361 e. The highest BCUT2D eigenvalue weighted by molar-refractivity contribution is 5.31. The third kappa shape index (κ3) is 1.87. The Morgan fingerprint density at radius 2 is 2.00 bits per heavy atom. The first-order valence-electron chi connectivity index (χ1n) is 5.41. The molecule has 0 amide bonds. The second kappa shape index (κ2) is 3.77. The molecule has 0 saturated heterocycles. The second-order valence-electron chi connectivity index (χ2n) is 4.39. The van der Waals surface area contributed by atoms with Crippen LogP contribution in [0.3, 0.4) is 0 Å². The molecular weight excluding hydrogens is 208 g/mol. The molecule has 1 saturated carbocycles. The van der Waals surface area contributed by atoms with Crippen LogP contribution in [0.25, 0.3) is 0 Å². The number of nitrogens with one attached hydrogen (secondary N) is 1. The number of nitrogens with zero attached hydrogens (tertiary/aromatic N) is 3. The van der Waals surface area contributed by atoms with Gasteiger partial charge in [-0.15, -0.1) is 5.10 Å². The Kier molecular flexibility index (Phi) is 2.57. The summed E-state index contributed by atoms with van der Waals surface area (Å²) >= 11 is 0. The molecule has 1 unspecified atom stereocenters. The zero-order valence-corrected chi connectivity index (χ0v) is 9.73. The van der Waals surface area contributed by atoms with Crippen LogP contribution in [0.4, 0.5) is 5.82 Å². The molecule has 0 radical (unpaired) electrons. The monoisotopic (exact) mass is 224 g/mol. The van der Waals surface area contributed by atoms with Crippen LogP contribution in [0.1, 0.15) is 19.8 Å². The average molecular weight is 224 g/mol. The second-order valence-corrected chi connectivity index (χ2v) is 4.39. The smallest absolute Gasteiger partial charge is 0.346 e. The summed E-state index contributed by atoms with van der Waals surface area (Å²) in [4.78, 5) is 23.2.